The topological polar surface area (TPSA) is 71.1 Å². The maximum Gasteiger partial charge on any atom is 0.514 e. The average molecular weight is 439 g/mol. The Bertz CT molecular complexity index is 1050. The summed E-state index contributed by atoms with van der Waals surface area (Å²) in [5, 5.41) is 2.62. The van der Waals surface area contributed by atoms with E-state index in [2.05, 4.69) is 0 Å². The van der Waals surface area contributed by atoms with Crippen molar-refractivity contribution in [2.24, 2.45) is 0 Å². The molecule has 0 aliphatic carbocycles. The number of carbonyl (C=O) groups excluding carboxylic acids is 2. The van der Waals surface area contributed by atoms with Crippen molar-refractivity contribution in [3.05, 3.63) is 47.5 Å². The highest BCUT2D eigenvalue weighted by Gasteiger charge is 2.22. The third kappa shape index (κ3) is 5.13. The molecule has 3 aromatic rings. The van der Waals surface area contributed by atoms with Crippen molar-refractivity contribution in [2.75, 3.05) is 0 Å². The van der Waals surface area contributed by atoms with Gasteiger partial charge in [0.05, 0.1) is 12.2 Å². The van der Waals surface area contributed by atoms with Crippen LogP contribution in [0.5, 0.6) is 11.5 Å². The summed E-state index contributed by atoms with van der Waals surface area (Å²) in [4.78, 5) is 24.8. The summed E-state index contributed by atoms with van der Waals surface area (Å²) in [6.45, 7) is 11.1. The van der Waals surface area contributed by atoms with Crippen LogP contribution in [0, 0.1) is 0 Å². The SMILES string of the molecule is CCc1ccc2c(OC(=O)OC(C)C)c3cc(CC)ccc3c(OC(=O)OC(C)C)c2c1. The van der Waals surface area contributed by atoms with E-state index < -0.39 is 12.3 Å². The molecule has 0 spiro atoms. The fourth-order valence-corrected chi connectivity index (χ4v) is 3.50. The lowest BCUT2D eigenvalue weighted by Gasteiger charge is -2.18. The maximum atomic E-state index is 12.4. The van der Waals surface area contributed by atoms with Crippen molar-refractivity contribution in [1.29, 1.82) is 0 Å². The Morgan fingerprint density at radius 3 is 1.34 bits per heavy atom. The third-order valence-corrected chi connectivity index (χ3v) is 5.00. The summed E-state index contributed by atoms with van der Waals surface area (Å²) >= 11 is 0. The van der Waals surface area contributed by atoms with E-state index in [0.29, 0.717) is 33.0 Å². The van der Waals surface area contributed by atoms with Gasteiger partial charge in [0.1, 0.15) is 11.5 Å². The Hall–Kier alpha value is -3.28. The van der Waals surface area contributed by atoms with Crippen molar-refractivity contribution in [1.82, 2.24) is 0 Å². The molecule has 170 valence electrons. The van der Waals surface area contributed by atoms with Gasteiger partial charge in [-0.2, -0.15) is 0 Å². The van der Waals surface area contributed by atoms with E-state index in [1.54, 1.807) is 27.7 Å². The van der Waals surface area contributed by atoms with Crippen molar-refractivity contribution in [3.8, 4) is 11.5 Å². The molecular weight excluding hydrogens is 408 g/mol. The molecule has 0 atom stereocenters. The fraction of sp³-hybridized carbons (Fsp3) is 0.385. The van der Waals surface area contributed by atoms with Crippen LogP contribution in [0.3, 0.4) is 0 Å². The minimum absolute atomic E-state index is 0.314. The Labute approximate surface area is 188 Å². The third-order valence-electron chi connectivity index (χ3n) is 5.00. The molecule has 0 unspecified atom stereocenters. The zero-order valence-electron chi connectivity index (χ0n) is 19.5. The number of benzene rings is 3. The summed E-state index contributed by atoms with van der Waals surface area (Å²) < 4.78 is 21.9. The predicted molar refractivity (Wildman–Crippen MR) is 125 cm³/mol. The first-order chi connectivity index (χ1) is 15.2. The number of fused-ring (bicyclic) bond motifs is 2. The van der Waals surface area contributed by atoms with Gasteiger partial charge in [-0.1, -0.05) is 38.1 Å². The molecule has 3 rings (SSSR count). The normalized spacial score (nSPS) is 11.2. The second-order valence-corrected chi connectivity index (χ2v) is 8.16. The van der Waals surface area contributed by atoms with E-state index in [4.69, 9.17) is 18.9 Å². The molecule has 0 aromatic heterocycles. The monoisotopic (exact) mass is 438 g/mol. The molecule has 0 bridgehead atoms. The lowest BCUT2D eigenvalue weighted by molar-refractivity contribution is 0.0719. The first-order valence-electron chi connectivity index (χ1n) is 11.0. The van der Waals surface area contributed by atoms with Gasteiger partial charge in [0, 0.05) is 21.5 Å². The second kappa shape index (κ2) is 9.90. The number of carbonyl (C=O) groups is 2. The molecule has 0 saturated heterocycles. The highest BCUT2D eigenvalue weighted by molar-refractivity contribution is 6.12. The standard InChI is InChI=1S/C26H30O6/c1-7-17-9-11-19-21(13-17)23(31-25(27)29-15(3)4)20-12-10-18(8-2)14-22(20)24(19)32-26(28)30-16(5)6/h9-16H,7-8H2,1-6H3. The molecule has 32 heavy (non-hydrogen) atoms. The smallest absolute Gasteiger partial charge is 0.431 e. The van der Waals surface area contributed by atoms with Gasteiger partial charge in [0.25, 0.3) is 0 Å². The van der Waals surface area contributed by atoms with E-state index in [1.807, 2.05) is 50.2 Å². The fourth-order valence-electron chi connectivity index (χ4n) is 3.50. The van der Waals surface area contributed by atoms with Crippen LogP contribution in [-0.4, -0.2) is 24.5 Å². The quantitative estimate of drug-likeness (QED) is 0.235. The van der Waals surface area contributed by atoms with Gasteiger partial charge >= 0.3 is 12.3 Å². The second-order valence-electron chi connectivity index (χ2n) is 8.16. The van der Waals surface area contributed by atoms with Crippen LogP contribution in [0.25, 0.3) is 21.5 Å². The van der Waals surface area contributed by atoms with E-state index in [1.165, 1.54) is 0 Å². The van der Waals surface area contributed by atoms with Gasteiger partial charge in [-0.15, -0.1) is 0 Å². The van der Waals surface area contributed by atoms with E-state index in [0.717, 1.165) is 24.0 Å². The molecule has 0 aliphatic heterocycles. The first kappa shape index (κ1) is 23.4. The molecule has 0 fully saturated rings. The first-order valence-corrected chi connectivity index (χ1v) is 11.0. The summed E-state index contributed by atoms with van der Waals surface area (Å²) in [7, 11) is 0. The molecule has 0 radical (unpaired) electrons. The van der Waals surface area contributed by atoms with Crippen LogP contribution in [0.2, 0.25) is 0 Å². The highest BCUT2D eigenvalue weighted by atomic mass is 16.7. The molecule has 6 heteroatoms. The van der Waals surface area contributed by atoms with Gasteiger partial charge < -0.3 is 18.9 Å². The van der Waals surface area contributed by atoms with E-state index in [-0.39, 0.29) is 12.2 Å². The van der Waals surface area contributed by atoms with Crippen molar-refractivity contribution < 1.29 is 28.5 Å². The molecule has 0 amide bonds. The number of hydrogen-bond acceptors (Lipinski definition) is 6. The van der Waals surface area contributed by atoms with Crippen molar-refractivity contribution in [2.45, 2.75) is 66.6 Å². The van der Waals surface area contributed by atoms with Crippen LogP contribution in [0.1, 0.15) is 52.7 Å². The summed E-state index contributed by atoms with van der Waals surface area (Å²) in [5.41, 5.74) is 2.11. The summed E-state index contributed by atoms with van der Waals surface area (Å²) in [6, 6.07) is 11.6. The molecule has 0 N–H and O–H groups in total. The summed E-state index contributed by atoms with van der Waals surface area (Å²) in [5.74, 6) is 0.756. The number of rotatable bonds is 6. The van der Waals surface area contributed by atoms with Crippen LogP contribution in [0.15, 0.2) is 36.4 Å². The minimum Gasteiger partial charge on any atom is -0.431 e. The van der Waals surface area contributed by atoms with Gasteiger partial charge in [0.2, 0.25) is 0 Å². The molecule has 3 aromatic carbocycles. The van der Waals surface area contributed by atoms with Crippen LogP contribution >= 0.6 is 0 Å². The van der Waals surface area contributed by atoms with Crippen LogP contribution in [-0.2, 0) is 22.3 Å². The van der Waals surface area contributed by atoms with Gasteiger partial charge in [-0.3, -0.25) is 0 Å². The van der Waals surface area contributed by atoms with Gasteiger partial charge in [-0.05, 0) is 63.8 Å². The number of ether oxygens (including phenoxy) is 4. The number of aryl methyl sites for hydroxylation is 2. The Morgan fingerprint density at radius 2 is 1.03 bits per heavy atom. The highest BCUT2D eigenvalue weighted by Crippen LogP contribution is 2.44. The summed E-state index contributed by atoms with van der Waals surface area (Å²) in [6.07, 6.45) is -0.597. The Morgan fingerprint density at radius 1 is 0.656 bits per heavy atom. The molecule has 0 heterocycles. The lowest BCUT2D eigenvalue weighted by atomic mass is 9.96. The van der Waals surface area contributed by atoms with Crippen molar-refractivity contribution in [3.63, 3.8) is 0 Å². The average Bonchev–Trinajstić information content (AvgIpc) is 2.74. The molecular formula is C26H30O6. The van der Waals surface area contributed by atoms with Crippen LogP contribution in [0.4, 0.5) is 9.59 Å². The zero-order valence-corrected chi connectivity index (χ0v) is 19.5. The Kier molecular flexibility index (Phi) is 7.23. The van der Waals surface area contributed by atoms with Gasteiger partial charge in [0.15, 0.2) is 0 Å². The zero-order chi connectivity index (χ0) is 23.4. The largest absolute Gasteiger partial charge is 0.514 e. The van der Waals surface area contributed by atoms with E-state index >= 15 is 0 Å². The van der Waals surface area contributed by atoms with E-state index in [9.17, 15) is 9.59 Å². The van der Waals surface area contributed by atoms with Crippen molar-refractivity contribution >= 4 is 33.9 Å². The van der Waals surface area contributed by atoms with Crippen LogP contribution < -0.4 is 9.47 Å². The van der Waals surface area contributed by atoms with Gasteiger partial charge in [-0.25, -0.2) is 9.59 Å². The minimum atomic E-state index is -0.781. The lowest BCUT2D eigenvalue weighted by Crippen LogP contribution is -2.17. The molecule has 0 saturated carbocycles. The maximum absolute atomic E-state index is 12.4. The Balaban J connectivity index is 2.31. The molecule has 6 nitrogen and oxygen atoms in total. The number of hydrogen-bond donors (Lipinski definition) is 0. The molecule has 0 aliphatic rings. The predicted octanol–water partition coefficient (Wildman–Crippen LogP) is 6.97.